The maximum absolute atomic E-state index is 5.29. The lowest BCUT2D eigenvalue weighted by molar-refractivity contribution is 0.394. The van der Waals surface area contributed by atoms with Crippen molar-refractivity contribution in [2.24, 2.45) is 0 Å². The Morgan fingerprint density at radius 3 is 2.48 bits per heavy atom. The molecule has 0 bridgehead atoms. The van der Waals surface area contributed by atoms with Crippen LogP contribution in [-0.2, 0) is 6.54 Å². The minimum Gasteiger partial charge on any atom is -0.497 e. The Balaban J connectivity index is 1.86. The van der Waals surface area contributed by atoms with E-state index in [9.17, 15) is 0 Å². The van der Waals surface area contributed by atoms with Crippen molar-refractivity contribution in [2.45, 2.75) is 25.4 Å². The Morgan fingerprint density at radius 1 is 1.14 bits per heavy atom. The molecule has 0 amide bonds. The van der Waals surface area contributed by atoms with Crippen molar-refractivity contribution < 1.29 is 9.47 Å². The van der Waals surface area contributed by atoms with Crippen molar-refractivity contribution in [1.82, 2.24) is 15.3 Å². The Labute approximate surface area is 124 Å². The predicted molar refractivity (Wildman–Crippen MR) is 80.4 cm³/mol. The van der Waals surface area contributed by atoms with Crippen LogP contribution in [0.2, 0.25) is 0 Å². The first kappa shape index (κ1) is 13.8. The van der Waals surface area contributed by atoms with Gasteiger partial charge in [-0.1, -0.05) is 0 Å². The van der Waals surface area contributed by atoms with Crippen LogP contribution in [0.1, 0.15) is 18.5 Å². The molecule has 1 N–H and O–H groups in total. The summed E-state index contributed by atoms with van der Waals surface area (Å²) >= 11 is 0. The zero-order chi connectivity index (χ0) is 14.7. The van der Waals surface area contributed by atoms with Crippen LogP contribution >= 0.6 is 0 Å². The first-order valence-corrected chi connectivity index (χ1v) is 7.07. The van der Waals surface area contributed by atoms with Crippen LogP contribution in [0, 0.1) is 0 Å². The maximum Gasteiger partial charge on any atom is 0.159 e. The van der Waals surface area contributed by atoms with E-state index in [1.54, 1.807) is 20.4 Å². The van der Waals surface area contributed by atoms with Crippen molar-refractivity contribution in [3.8, 4) is 22.9 Å². The highest BCUT2D eigenvalue weighted by molar-refractivity contribution is 5.60. The Kier molecular flexibility index (Phi) is 4.01. The van der Waals surface area contributed by atoms with Crippen LogP contribution in [0.5, 0.6) is 11.5 Å². The molecule has 1 aliphatic carbocycles. The lowest BCUT2D eigenvalue weighted by atomic mass is 10.2. The maximum atomic E-state index is 5.29. The molecule has 21 heavy (non-hydrogen) atoms. The minimum absolute atomic E-state index is 0.667. The summed E-state index contributed by atoms with van der Waals surface area (Å²) in [5.74, 6) is 2.14. The normalized spacial score (nSPS) is 14.0. The van der Waals surface area contributed by atoms with E-state index in [0.29, 0.717) is 11.9 Å². The number of aromatic nitrogens is 2. The van der Waals surface area contributed by atoms with Gasteiger partial charge in [-0.25, -0.2) is 9.97 Å². The van der Waals surface area contributed by atoms with E-state index in [0.717, 1.165) is 29.3 Å². The molecule has 1 aliphatic rings. The van der Waals surface area contributed by atoms with Crippen molar-refractivity contribution in [3.05, 3.63) is 36.2 Å². The highest BCUT2D eigenvalue weighted by Gasteiger charge is 2.20. The number of ether oxygens (including phenoxy) is 2. The molecular weight excluding hydrogens is 266 g/mol. The average Bonchev–Trinajstić information content (AvgIpc) is 3.37. The van der Waals surface area contributed by atoms with Gasteiger partial charge in [0.2, 0.25) is 0 Å². The van der Waals surface area contributed by atoms with Gasteiger partial charge in [-0.3, -0.25) is 0 Å². The molecular formula is C16H19N3O2. The van der Waals surface area contributed by atoms with E-state index in [1.165, 1.54) is 12.8 Å². The van der Waals surface area contributed by atoms with Gasteiger partial charge in [0.15, 0.2) is 5.82 Å². The van der Waals surface area contributed by atoms with Gasteiger partial charge >= 0.3 is 0 Å². The number of hydrogen-bond donors (Lipinski definition) is 1. The van der Waals surface area contributed by atoms with E-state index in [1.807, 2.05) is 24.3 Å². The molecule has 0 saturated heterocycles. The summed E-state index contributed by atoms with van der Waals surface area (Å²) in [5.41, 5.74) is 1.88. The molecule has 0 aliphatic heterocycles. The third-order valence-corrected chi connectivity index (χ3v) is 3.47. The van der Waals surface area contributed by atoms with Crippen molar-refractivity contribution in [1.29, 1.82) is 0 Å². The van der Waals surface area contributed by atoms with E-state index in [-0.39, 0.29) is 0 Å². The van der Waals surface area contributed by atoms with E-state index >= 15 is 0 Å². The minimum atomic E-state index is 0.667. The molecule has 5 nitrogen and oxygen atoms in total. The summed E-state index contributed by atoms with van der Waals surface area (Å²) in [5, 5.41) is 3.46. The van der Waals surface area contributed by atoms with Gasteiger partial charge in [0.25, 0.3) is 0 Å². The van der Waals surface area contributed by atoms with E-state index in [2.05, 4.69) is 15.3 Å². The zero-order valence-electron chi connectivity index (χ0n) is 12.3. The Hall–Kier alpha value is -2.14. The lowest BCUT2D eigenvalue weighted by Crippen LogP contribution is -2.16. The van der Waals surface area contributed by atoms with Crippen LogP contribution in [0.25, 0.3) is 11.4 Å². The largest absolute Gasteiger partial charge is 0.497 e. The van der Waals surface area contributed by atoms with Crippen molar-refractivity contribution in [3.63, 3.8) is 0 Å². The van der Waals surface area contributed by atoms with Crippen LogP contribution in [-0.4, -0.2) is 30.2 Å². The van der Waals surface area contributed by atoms with Crippen molar-refractivity contribution in [2.75, 3.05) is 14.2 Å². The van der Waals surface area contributed by atoms with Crippen LogP contribution in [0.15, 0.2) is 30.5 Å². The first-order chi connectivity index (χ1) is 10.3. The lowest BCUT2D eigenvalue weighted by Gasteiger charge is -2.09. The topological polar surface area (TPSA) is 56.3 Å². The fraction of sp³-hybridized carbons (Fsp3) is 0.375. The summed E-state index contributed by atoms with van der Waals surface area (Å²) in [6, 6.07) is 8.27. The molecule has 2 aromatic rings. The van der Waals surface area contributed by atoms with Crippen molar-refractivity contribution >= 4 is 0 Å². The number of rotatable bonds is 6. The smallest absolute Gasteiger partial charge is 0.159 e. The summed E-state index contributed by atoms with van der Waals surface area (Å²) < 4.78 is 10.6. The number of nitrogens with one attached hydrogen (secondary N) is 1. The van der Waals surface area contributed by atoms with Crippen LogP contribution < -0.4 is 14.8 Å². The van der Waals surface area contributed by atoms with Crippen LogP contribution in [0.4, 0.5) is 0 Å². The van der Waals surface area contributed by atoms with Crippen LogP contribution in [0.3, 0.4) is 0 Å². The average molecular weight is 285 g/mol. The first-order valence-electron chi connectivity index (χ1n) is 7.07. The summed E-state index contributed by atoms with van der Waals surface area (Å²) in [7, 11) is 3.27. The molecule has 5 heteroatoms. The standard InChI is InChI=1S/C16H19N3O2/c1-20-14-7-11(8-15(9-14)21-2)16-17-6-5-13(19-16)10-18-12-3-4-12/h5-9,12,18H,3-4,10H2,1-2H3. The summed E-state index contributed by atoms with van der Waals surface area (Å²) in [6.07, 6.45) is 4.33. The number of benzene rings is 1. The molecule has 0 atom stereocenters. The highest BCUT2D eigenvalue weighted by atomic mass is 16.5. The Morgan fingerprint density at radius 2 is 1.86 bits per heavy atom. The monoisotopic (exact) mass is 285 g/mol. The molecule has 1 heterocycles. The summed E-state index contributed by atoms with van der Waals surface area (Å²) in [4.78, 5) is 8.96. The van der Waals surface area contributed by atoms with Gasteiger partial charge in [-0.15, -0.1) is 0 Å². The number of hydrogen-bond acceptors (Lipinski definition) is 5. The SMILES string of the molecule is COc1cc(OC)cc(-c2nccc(CNC3CC3)n2)c1. The number of nitrogens with zero attached hydrogens (tertiary/aromatic N) is 2. The molecule has 3 rings (SSSR count). The second-order valence-corrected chi connectivity index (χ2v) is 5.13. The molecule has 110 valence electrons. The third-order valence-electron chi connectivity index (χ3n) is 3.47. The molecule has 0 spiro atoms. The predicted octanol–water partition coefficient (Wildman–Crippen LogP) is 2.41. The highest BCUT2D eigenvalue weighted by Crippen LogP contribution is 2.27. The molecule has 1 aromatic heterocycles. The van der Waals surface area contributed by atoms with Gasteiger partial charge in [0.1, 0.15) is 11.5 Å². The number of methoxy groups -OCH3 is 2. The third kappa shape index (κ3) is 3.49. The van der Waals surface area contributed by atoms with Gasteiger partial charge in [-0.2, -0.15) is 0 Å². The molecule has 1 fully saturated rings. The van der Waals surface area contributed by atoms with Gasteiger partial charge in [0, 0.05) is 30.4 Å². The zero-order valence-corrected chi connectivity index (χ0v) is 12.3. The quantitative estimate of drug-likeness (QED) is 0.883. The van der Waals surface area contributed by atoms with E-state index < -0.39 is 0 Å². The van der Waals surface area contributed by atoms with Gasteiger partial charge in [0.05, 0.1) is 19.9 Å². The fourth-order valence-electron chi connectivity index (χ4n) is 2.11. The van der Waals surface area contributed by atoms with Gasteiger partial charge in [-0.05, 0) is 31.0 Å². The Bertz CT molecular complexity index is 604. The van der Waals surface area contributed by atoms with E-state index in [4.69, 9.17) is 9.47 Å². The molecule has 1 saturated carbocycles. The fourth-order valence-corrected chi connectivity index (χ4v) is 2.11. The van der Waals surface area contributed by atoms with Gasteiger partial charge < -0.3 is 14.8 Å². The summed E-state index contributed by atoms with van der Waals surface area (Å²) in [6.45, 7) is 0.779. The molecule has 0 radical (unpaired) electrons. The molecule has 0 unspecified atom stereocenters. The molecule has 1 aromatic carbocycles. The second kappa shape index (κ2) is 6.10. The second-order valence-electron chi connectivity index (χ2n) is 5.13.